The van der Waals surface area contributed by atoms with Crippen molar-refractivity contribution in [3.05, 3.63) is 57.4 Å². The number of benzene rings is 1. The number of anilines is 1. The fraction of sp³-hybridized carbons (Fsp3) is 0.500. The number of rotatable bonds is 5. The van der Waals surface area contributed by atoms with Gasteiger partial charge in [0.1, 0.15) is 23.0 Å². The van der Waals surface area contributed by atoms with Gasteiger partial charge in [-0.25, -0.2) is 9.37 Å². The number of hydrogen-bond donors (Lipinski definition) is 3. The van der Waals surface area contributed by atoms with E-state index in [0.29, 0.717) is 24.7 Å². The van der Waals surface area contributed by atoms with E-state index in [1.54, 1.807) is 24.0 Å². The Labute approximate surface area is 187 Å². The monoisotopic (exact) mass is 439 g/mol. The topological polar surface area (TPSA) is 102 Å². The number of H-pyrrole nitrogens is 1. The van der Waals surface area contributed by atoms with Gasteiger partial charge in [0, 0.05) is 30.8 Å². The Morgan fingerprint density at radius 1 is 1.19 bits per heavy atom. The summed E-state index contributed by atoms with van der Waals surface area (Å²) in [5.74, 6) is -0.0530. The molecule has 4 rings (SSSR count). The molecule has 3 N–H and O–H groups in total. The first kappa shape index (κ1) is 22.2. The van der Waals surface area contributed by atoms with Crippen molar-refractivity contribution in [2.75, 3.05) is 18.4 Å². The minimum absolute atomic E-state index is 0.0593. The molecule has 1 aromatic heterocycles. The average Bonchev–Trinajstić information content (AvgIpc) is 2.79. The minimum Gasteiger partial charge on any atom is -0.367 e. The molecule has 8 heteroatoms. The highest BCUT2D eigenvalue weighted by Gasteiger charge is 2.29. The van der Waals surface area contributed by atoms with Crippen LogP contribution in [-0.2, 0) is 0 Å². The zero-order valence-electron chi connectivity index (χ0n) is 18.4. The van der Waals surface area contributed by atoms with Crippen molar-refractivity contribution in [3.63, 3.8) is 0 Å². The largest absolute Gasteiger partial charge is 0.367 e. The minimum atomic E-state index is -0.532. The number of carbonyl (C=O) groups excluding carboxylic acids is 1. The maximum absolute atomic E-state index is 14.1. The van der Waals surface area contributed by atoms with Crippen LogP contribution in [0.1, 0.15) is 79.5 Å². The maximum Gasteiger partial charge on any atom is 0.262 e. The molecule has 0 radical (unpaired) electrons. The number of aromatic amines is 1. The van der Waals surface area contributed by atoms with Crippen molar-refractivity contribution in [3.8, 4) is 0 Å². The fourth-order valence-electron chi connectivity index (χ4n) is 4.77. The lowest BCUT2D eigenvalue weighted by molar-refractivity contribution is 0.0699. The zero-order chi connectivity index (χ0) is 22.7. The van der Waals surface area contributed by atoms with Gasteiger partial charge in [0.2, 0.25) is 0 Å². The van der Waals surface area contributed by atoms with E-state index in [4.69, 9.17) is 10.4 Å². The second kappa shape index (κ2) is 9.63. The molecule has 2 heterocycles. The molecule has 7 nitrogen and oxygen atoms in total. The normalized spacial score (nSPS) is 19.6. The van der Waals surface area contributed by atoms with Gasteiger partial charge in [-0.15, -0.1) is 0 Å². The first-order chi connectivity index (χ1) is 15.4. The van der Waals surface area contributed by atoms with Crippen LogP contribution in [0.15, 0.2) is 29.1 Å². The smallest absolute Gasteiger partial charge is 0.262 e. The fourth-order valence-corrected chi connectivity index (χ4v) is 4.77. The van der Waals surface area contributed by atoms with Gasteiger partial charge < -0.3 is 20.6 Å². The van der Waals surface area contributed by atoms with Crippen LogP contribution < -0.4 is 10.9 Å². The second-order valence-corrected chi connectivity index (χ2v) is 8.85. The third kappa shape index (κ3) is 4.74. The molecular weight excluding hydrogens is 409 g/mol. The Kier molecular flexibility index (Phi) is 6.67. The predicted molar refractivity (Wildman–Crippen MR) is 122 cm³/mol. The van der Waals surface area contributed by atoms with Crippen LogP contribution >= 0.6 is 0 Å². The lowest BCUT2D eigenvalue weighted by Gasteiger charge is -2.33. The summed E-state index contributed by atoms with van der Waals surface area (Å²) < 4.78 is 14.1. The van der Waals surface area contributed by atoms with Gasteiger partial charge >= 0.3 is 0 Å². The molecule has 2 fully saturated rings. The number of nitrogens with zero attached hydrogens (tertiary/aromatic N) is 2. The van der Waals surface area contributed by atoms with Crippen molar-refractivity contribution in [2.24, 2.45) is 0 Å². The summed E-state index contributed by atoms with van der Waals surface area (Å²) >= 11 is 0. The molecule has 1 saturated carbocycles. The van der Waals surface area contributed by atoms with Gasteiger partial charge in [0.05, 0.1) is 5.56 Å². The molecule has 2 aliphatic rings. The molecule has 1 unspecified atom stereocenters. The Morgan fingerprint density at radius 2 is 1.94 bits per heavy atom. The number of aromatic nitrogens is 2. The summed E-state index contributed by atoms with van der Waals surface area (Å²) in [5.41, 5.74) is 0.167. The van der Waals surface area contributed by atoms with E-state index in [-0.39, 0.29) is 40.3 Å². The van der Waals surface area contributed by atoms with Gasteiger partial charge in [0.25, 0.3) is 11.5 Å². The summed E-state index contributed by atoms with van der Waals surface area (Å²) in [4.78, 5) is 35.0. The molecule has 1 saturated heterocycles. The van der Waals surface area contributed by atoms with Crippen LogP contribution in [0.2, 0.25) is 0 Å². The van der Waals surface area contributed by atoms with Crippen molar-refractivity contribution in [1.29, 1.82) is 5.41 Å². The molecule has 0 bridgehead atoms. The van der Waals surface area contributed by atoms with Gasteiger partial charge in [-0.05, 0) is 44.7 Å². The van der Waals surface area contributed by atoms with E-state index in [2.05, 4.69) is 10.3 Å². The number of likely N-dealkylation sites (tertiary alicyclic amines) is 1. The van der Waals surface area contributed by atoms with Crippen molar-refractivity contribution >= 4 is 17.4 Å². The number of hydrogen-bond acceptors (Lipinski definition) is 5. The molecule has 1 atom stereocenters. The van der Waals surface area contributed by atoms with Crippen LogP contribution in [-0.4, -0.2) is 45.6 Å². The molecule has 1 aliphatic carbocycles. The molecule has 2 aromatic rings. The van der Waals surface area contributed by atoms with Crippen molar-refractivity contribution < 1.29 is 9.18 Å². The summed E-state index contributed by atoms with van der Waals surface area (Å²) in [6.07, 6.45) is 7.06. The lowest BCUT2D eigenvalue weighted by Crippen LogP contribution is -2.40. The van der Waals surface area contributed by atoms with E-state index in [1.165, 1.54) is 18.6 Å². The molecule has 1 amide bonds. The highest BCUT2D eigenvalue weighted by molar-refractivity contribution is 6.00. The summed E-state index contributed by atoms with van der Waals surface area (Å²) in [5, 5.41) is 11.5. The molecule has 1 aliphatic heterocycles. The highest BCUT2D eigenvalue weighted by atomic mass is 19.1. The molecule has 32 heavy (non-hydrogen) atoms. The standard InChI is InChI=1S/C24H30FN5O2/c1-15(26)20-22(27-17-9-3-2-4-10-17)28-21(29-23(20)31)16-8-7-13-30(14-16)24(32)18-11-5-6-12-19(18)25/h5-6,11-12,16-17,26H,2-4,7-10,13-14H2,1H3,(H2,27,28,29,31). The van der Waals surface area contributed by atoms with Crippen LogP contribution in [0.5, 0.6) is 0 Å². The molecular formula is C24H30FN5O2. The summed E-state index contributed by atoms with van der Waals surface area (Å²) in [7, 11) is 0. The van der Waals surface area contributed by atoms with Crippen LogP contribution in [0.3, 0.4) is 0 Å². The Hall–Kier alpha value is -3.03. The van der Waals surface area contributed by atoms with E-state index >= 15 is 0 Å². The number of piperidine rings is 1. The third-order valence-corrected chi connectivity index (χ3v) is 6.46. The maximum atomic E-state index is 14.1. The number of nitrogens with one attached hydrogen (secondary N) is 3. The van der Waals surface area contributed by atoms with Crippen LogP contribution in [0, 0.1) is 11.2 Å². The Balaban J connectivity index is 1.59. The zero-order valence-corrected chi connectivity index (χ0v) is 18.4. The SMILES string of the molecule is CC(=N)c1c(NC2CCCCC2)nc(C2CCCN(C(=O)c3ccccc3F)C2)[nH]c1=O. The second-order valence-electron chi connectivity index (χ2n) is 8.85. The van der Waals surface area contributed by atoms with E-state index in [1.807, 2.05) is 0 Å². The molecule has 170 valence electrons. The van der Waals surface area contributed by atoms with Crippen LogP contribution in [0.25, 0.3) is 0 Å². The molecule has 0 spiro atoms. The summed E-state index contributed by atoms with van der Waals surface area (Å²) in [6.45, 7) is 2.49. The number of carbonyl (C=O) groups is 1. The van der Waals surface area contributed by atoms with E-state index in [0.717, 1.165) is 38.5 Å². The van der Waals surface area contributed by atoms with E-state index in [9.17, 15) is 14.0 Å². The van der Waals surface area contributed by atoms with Gasteiger partial charge in [-0.3, -0.25) is 9.59 Å². The predicted octanol–water partition coefficient (Wildman–Crippen LogP) is 4.06. The molecule has 1 aromatic carbocycles. The summed E-state index contributed by atoms with van der Waals surface area (Å²) in [6, 6.07) is 6.24. The van der Waals surface area contributed by atoms with E-state index < -0.39 is 5.82 Å². The number of amides is 1. The Morgan fingerprint density at radius 3 is 2.66 bits per heavy atom. The highest BCUT2D eigenvalue weighted by Crippen LogP contribution is 2.28. The number of halogens is 1. The van der Waals surface area contributed by atoms with Crippen LogP contribution in [0.4, 0.5) is 10.2 Å². The third-order valence-electron chi connectivity index (χ3n) is 6.46. The first-order valence-corrected chi connectivity index (χ1v) is 11.4. The first-order valence-electron chi connectivity index (χ1n) is 11.4. The quantitative estimate of drug-likeness (QED) is 0.612. The lowest BCUT2D eigenvalue weighted by atomic mass is 9.95. The van der Waals surface area contributed by atoms with Gasteiger partial charge in [-0.2, -0.15) is 0 Å². The van der Waals surface area contributed by atoms with Crippen molar-refractivity contribution in [2.45, 2.75) is 63.8 Å². The van der Waals surface area contributed by atoms with Gasteiger partial charge in [-0.1, -0.05) is 31.4 Å². The Bertz CT molecular complexity index is 1060. The van der Waals surface area contributed by atoms with Crippen molar-refractivity contribution in [1.82, 2.24) is 14.9 Å². The average molecular weight is 440 g/mol. The van der Waals surface area contributed by atoms with Gasteiger partial charge in [0.15, 0.2) is 0 Å².